The van der Waals surface area contributed by atoms with Crippen LogP contribution < -0.4 is 10.6 Å². The van der Waals surface area contributed by atoms with Crippen LogP contribution in [-0.2, 0) is 22.7 Å². The molecule has 2 atom stereocenters. The highest BCUT2D eigenvalue weighted by molar-refractivity contribution is 5.82. The third-order valence-electron chi connectivity index (χ3n) is 4.85. The van der Waals surface area contributed by atoms with Crippen molar-refractivity contribution >= 4 is 11.8 Å². The molecule has 1 aliphatic carbocycles. The molecule has 1 fully saturated rings. The van der Waals surface area contributed by atoms with E-state index >= 15 is 0 Å². The maximum atomic E-state index is 12.5. The Kier molecular flexibility index (Phi) is 6.30. The molecular formula is C20H24N4O2. The number of nitrogens with zero attached hydrogens (tertiary/aromatic N) is 2. The first-order valence-electron chi connectivity index (χ1n) is 9.05. The molecule has 0 unspecified atom stereocenters. The first-order valence-corrected chi connectivity index (χ1v) is 9.05. The monoisotopic (exact) mass is 352 g/mol. The predicted octanol–water partition coefficient (Wildman–Crippen LogP) is 2.22. The van der Waals surface area contributed by atoms with Gasteiger partial charge in [0.1, 0.15) is 0 Å². The zero-order valence-electron chi connectivity index (χ0n) is 14.7. The van der Waals surface area contributed by atoms with Crippen molar-refractivity contribution in [2.75, 3.05) is 0 Å². The minimum absolute atomic E-state index is 0.0356. The summed E-state index contributed by atoms with van der Waals surface area (Å²) in [5.41, 5.74) is 2.05. The molecule has 2 heterocycles. The normalized spacial score (nSPS) is 19.5. The number of carbonyl (C=O) groups excluding carboxylic acids is 2. The van der Waals surface area contributed by atoms with Crippen LogP contribution in [-0.4, -0.2) is 21.8 Å². The molecule has 2 aromatic heterocycles. The molecule has 6 heteroatoms. The van der Waals surface area contributed by atoms with Crippen LogP contribution in [0.5, 0.6) is 0 Å². The lowest BCUT2D eigenvalue weighted by molar-refractivity contribution is -0.130. The summed E-state index contributed by atoms with van der Waals surface area (Å²) < 4.78 is 0. The fourth-order valence-electron chi connectivity index (χ4n) is 3.33. The highest BCUT2D eigenvalue weighted by atomic mass is 16.2. The Hall–Kier alpha value is -2.76. The Labute approximate surface area is 153 Å². The molecule has 2 N–H and O–H groups in total. The van der Waals surface area contributed by atoms with Crippen molar-refractivity contribution in [1.29, 1.82) is 0 Å². The number of amides is 2. The van der Waals surface area contributed by atoms with Gasteiger partial charge in [-0.1, -0.05) is 6.42 Å². The fourth-order valence-corrected chi connectivity index (χ4v) is 3.33. The summed E-state index contributed by atoms with van der Waals surface area (Å²) in [6.45, 7) is 0.994. The van der Waals surface area contributed by atoms with Crippen LogP contribution >= 0.6 is 0 Å². The second-order valence-corrected chi connectivity index (χ2v) is 6.71. The van der Waals surface area contributed by atoms with Crippen molar-refractivity contribution < 1.29 is 9.59 Å². The Morgan fingerprint density at radius 3 is 1.65 bits per heavy atom. The van der Waals surface area contributed by atoms with Crippen LogP contribution in [0.25, 0.3) is 0 Å². The standard InChI is InChI=1S/C20H24N4O2/c25-19(23-13-15-4-8-21-9-5-15)17-2-1-3-18(12-17)20(26)24-14-16-6-10-22-11-7-16/h4-11,17-18H,1-3,12-14H2,(H,23,25)(H,24,26)/t17-,18+. The summed E-state index contributed by atoms with van der Waals surface area (Å²) in [7, 11) is 0. The average Bonchev–Trinajstić information content (AvgIpc) is 2.72. The molecule has 0 aliphatic heterocycles. The number of pyridine rings is 2. The molecule has 136 valence electrons. The van der Waals surface area contributed by atoms with Gasteiger partial charge in [0, 0.05) is 49.7 Å². The zero-order valence-corrected chi connectivity index (χ0v) is 14.7. The molecule has 0 spiro atoms. The molecule has 0 aromatic carbocycles. The van der Waals surface area contributed by atoms with Gasteiger partial charge in [0.05, 0.1) is 0 Å². The van der Waals surface area contributed by atoms with Crippen LogP contribution in [0.1, 0.15) is 36.8 Å². The maximum Gasteiger partial charge on any atom is 0.223 e. The zero-order chi connectivity index (χ0) is 18.2. The quantitative estimate of drug-likeness (QED) is 0.835. The molecule has 1 saturated carbocycles. The Bertz CT molecular complexity index is 660. The van der Waals surface area contributed by atoms with Gasteiger partial charge in [0.15, 0.2) is 0 Å². The SMILES string of the molecule is O=C(NCc1ccncc1)[C@@H]1CCC[C@H](C(=O)NCc2ccncc2)C1. The van der Waals surface area contributed by atoms with Crippen LogP contribution in [0.2, 0.25) is 0 Å². The summed E-state index contributed by atoms with van der Waals surface area (Å²) in [5.74, 6) is -0.119. The van der Waals surface area contributed by atoms with E-state index in [9.17, 15) is 9.59 Å². The van der Waals surface area contributed by atoms with E-state index in [1.807, 2.05) is 24.3 Å². The summed E-state index contributed by atoms with van der Waals surface area (Å²) in [4.78, 5) is 32.8. The van der Waals surface area contributed by atoms with Crippen LogP contribution in [0.15, 0.2) is 49.1 Å². The van der Waals surface area contributed by atoms with Crippen molar-refractivity contribution in [3.63, 3.8) is 0 Å². The van der Waals surface area contributed by atoms with E-state index in [0.29, 0.717) is 19.5 Å². The third-order valence-corrected chi connectivity index (χ3v) is 4.85. The van der Waals surface area contributed by atoms with Gasteiger partial charge in [-0.2, -0.15) is 0 Å². The molecular weight excluding hydrogens is 328 g/mol. The predicted molar refractivity (Wildman–Crippen MR) is 97.6 cm³/mol. The highest BCUT2D eigenvalue weighted by Crippen LogP contribution is 2.29. The van der Waals surface area contributed by atoms with Gasteiger partial charge >= 0.3 is 0 Å². The number of hydrogen-bond acceptors (Lipinski definition) is 4. The van der Waals surface area contributed by atoms with Gasteiger partial charge in [0.2, 0.25) is 11.8 Å². The number of hydrogen-bond donors (Lipinski definition) is 2. The van der Waals surface area contributed by atoms with E-state index < -0.39 is 0 Å². The Balaban J connectivity index is 1.47. The van der Waals surface area contributed by atoms with Gasteiger partial charge in [0.25, 0.3) is 0 Å². The molecule has 3 rings (SSSR count). The van der Waals surface area contributed by atoms with Crippen molar-refractivity contribution in [2.24, 2.45) is 11.8 Å². The van der Waals surface area contributed by atoms with E-state index in [-0.39, 0.29) is 23.7 Å². The molecule has 1 aliphatic rings. The summed E-state index contributed by atoms with van der Waals surface area (Å²) in [6.07, 6.45) is 10.1. The second kappa shape index (κ2) is 9.08. The topological polar surface area (TPSA) is 84.0 Å². The number of rotatable bonds is 6. The minimum atomic E-state index is -0.0951. The molecule has 0 bridgehead atoms. The molecule has 0 saturated heterocycles. The van der Waals surface area contributed by atoms with E-state index in [0.717, 1.165) is 30.4 Å². The van der Waals surface area contributed by atoms with Crippen molar-refractivity contribution in [1.82, 2.24) is 20.6 Å². The number of nitrogens with one attached hydrogen (secondary N) is 2. The van der Waals surface area contributed by atoms with Gasteiger partial charge < -0.3 is 10.6 Å². The average molecular weight is 352 g/mol. The van der Waals surface area contributed by atoms with Crippen molar-refractivity contribution in [2.45, 2.75) is 38.8 Å². The van der Waals surface area contributed by atoms with Gasteiger partial charge in [-0.3, -0.25) is 19.6 Å². The van der Waals surface area contributed by atoms with E-state index in [2.05, 4.69) is 20.6 Å². The molecule has 26 heavy (non-hydrogen) atoms. The van der Waals surface area contributed by atoms with Crippen molar-refractivity contribution in [3.8, 4) is 0 Å². The van der Waals surface area contributed by atoms with Gasteiger partial charge in [-0.25, -0.2) is 0 Å². The largest absolute Gasteiger partial charge is 0.352 e. The molecule has 2 aromatic rings. The smallest absolute Gasteiger partial charge is 0.223 e. The third kappa shape index (κ3) is 5.12. The lowest BCUT2D eigenvalue weighted by Crippen LogP contribution is -2.38. The van der Waals surface area contributed by atoms with E-state index in [4.69, 9.17) is 0 Å². The maximum absolute atomic E-state index is 12.5. The Morgan fingerprint density at radius 1 is 0.808 bits per heavy atom. The highest BCUT2D eigenvalue weighted by Gasteiger charge is 2.30. The molecule has 6 nitrogen and oxygen atoms in total. The van der Waals surface area contributed by atoms with Gasteiger partial charge in [-0.15, -0.1) is 0 Å². The summed E-state index contributed by atoms with van der Waals surface area (Å²) in [5, 5.41) is 5.96. The van der Waals surface area contributed by atoms with E-state index in [1.54, 1.807) is 24.8 Å². The number of aromatic nitrogens is 2. The first-order chi connectivity index (χ1) is 12.7. The second-order valence-electron chi connectivity index (χ2n) is 6.71. The lowest BCUT2D eigenvalue weighted by Gasteiger charge is -2.27. The number of carbonyl (C=O) groups is 2. The fraction of sp³-hybridized carbons (Fsp3) is 0.400. The minimum Gasteiger partial charge on any atom is -0.352 e. The molecule has 0 radical (unpaired) electrons. The van der Waals surface area contributed by atoms with Crippen LogP contribution in [0.3, 0.4) is 0 Å². The van der Waals surface area contributed by atoms with E-state index in [1.165, 1.54) is 0 Å². The lowest BCUT2D eigenvalue weighted by atomic mass is 9.80. The molecule has 2 amide bonds. The van der Waals surface area contributed by atoms with Crippen LogP contribution in [0.4, 0.5) is 0 Å². The summed E-state index contributed by atoms with van der Waals surface area (Å²) in [6, 6.07) is 7.54. The van der Waals surface area contributed by atoms with Crippen LogP contribution in [0, 0.1) is 11.8 Å². The Morgan fingerprint density at radius 2 is 1.23 bits per heavy atom. The van der Waals surface area contributed by atoms with Gasteiger partial charge in [-0.05, 0) is 54.7 Å². The first kappa shape index (κ1) is 18.0. The summed E-state index contributed by atoms with van der Waals surface area (Å²) >= 11 is 0. The van der Waals surface area contributed by atoms with Crippen molar-refractivity contribution in [3.05, 3.63) is 60.2 Å².